The molecule has 9 nitrogen and oxygen atoms in total. The second-order valence-corrected chi connectivity index (χ2v) is 19.1. The molecule has 4 N–H and O–H groups in total. The molecule has 2 atom stereocenters. The van der Waals surface area contributed by atoms with Gasteiger partial charge in [0, 0.05) is 27.9 Å². The van der Waals surface area contributed by atoms with Crippen LogP contribution in [-0.4, -0.2) is 60.2 Å². The zero-order valence-electron chi connectivity index (χ0n) is 28.1. The van der Waals surface area contributed by atoms with Crippen molar-refractivity contribution in [1.82, 2.24) is 0 Å². The molecule has 4 aromatic rings. The van der Waals surface area contributed by atoms with Gasteiger partial charge < -0.3 is 39.9 Å². The van der Waals surface area contributed by atoms with Crippen LogP contribution >= 0.6 is 35.2 Å². The molecule has 0 aromatic heterocycles. The number of ketones is 1. The van der Waals surface area contributed by atoms with Crippen molar-refractivity contribution >= 4 is 51.6 Å². The van der Waals surface area contributed by atoms with Crippen LogP contribution in [0.4, 0.5) is 0 Å². The third-order valence-corrected chi connectivity index (χ3v) is 11.0. The monoisotopic (exact) mass is 836 g/mol. The minimum absolute atomic E-state index is 0.0582. The molecule has 0 fully saturated rings. The van der Waals surface area contributed by atoms with Crippen LogP contribution in [0.15, 0.2) is 72.8 Å². The van der Waals surface area contributed by atoms with Crippen molar-refractivity contribution in [1.29, 1.82) is 0 Å². The molecule has 6 rings (SSSR count). The molecule has 0 saturated heterocycles. The number of nitrogens with two attached hydrogens (primary N) is 2. The fourth-order valence-electron chi connectivity index (χ4n) is 5.42. The molecule has 0 radical (unpaired) electrons. The van der Waals surface area contributed by atoms with Gasteiger partial charge in [-0.05, 0) is 59.7 Å². The summed E-state index contributed by atoms with van der Waals surface area (Å²) in [6.07, 6.45) is 0. The standard InChI is InChI=1S/C19H20O5P2.C16H20N2O2.2ClH.Ru/c1-25(2)13-7-5-11-18(23-9-21-11)15(13)17(20)16-14(26(3)4)8-6-12-19(16)24-10-22-12;1-19-13-7-3-11(4-8-13)15(17)16(18)12-5-9-14(20-2)10-6-12;;;/h5-8H,9-10H2,1-4H3;3-10,15-16H,17-18H2,1-2H3;2*1H;/q;;;;+4. The van der Waals surface area contributed by atoms with Crippen molar-refractivity contribution < 1.29 is 48.4 Å². The van der Waals surface area contributed by atoms with E-state index in [-0.39, 0.29) is 46.6 Å². The molecule has 2 heterocycles. The van der Waals surface area contributed by atoms with Crippen LogP contribution in [0.5, 0.6) is 34.5 Å². The zero-order chi connectivity index (χ0) is 35.7. The van der Waals surface area contributed by atoms with E-state index in [9.17, 15) is 4.79 Å². The summed E-state index contributed by atoms with van der Waals surface area (Å²) in [4.78, 5) is 13.8. The van der Waals surface area contributed by atoms with Gasteiger partial charge in [-0.3, -0.25) is 4.79 Å². The number of ether oxygens (including phenoxy) is 6. The number of benzene rings is 4. The van der Waals surface area contributed by atoms with Crippen molar-refractivity contribution in [3.8, 4) is 34.5 Å². The minimum atomic E-state index is -0.881. The van der Waals surface area contributed by atoms with E-state index in [1.807, 2.05) is 72.8 Å². The molecule has 49 heavy (non-hydrogen) atoms. The summed E-state index contributed by atoms with van der Waals surface area (Å²) in [5, 5.41) is 2.10. The van der Waals surface area contributed by atoms with E-state index in [2.05, 4.69) is 26.7 Å². The van der Waals surface area contributed by atoms with Gasteiger partial charge in [0.1, 0.15) is 33.2 Å². The van der Waals surface area contributed by atoms with Crippen molar-refractivity contribution in [2.24, 2.45) is 11.5 Å². The molecular formula is C35H42Cl2N2O7P2Ru+4. The third-order valence-electron chi connectivity index (χ3n) is 8.00. The first-order valence-electron chi connectivity index (χ1n) is 15.2. The number of carbonyl (C=O) groups is 1. The molecule has 0 amide bonds. The molecular weight excluding hydrogens is 794 g/mol. The molecule has 14 heteroatoms. The predicted octanol–water partition coefficient (Wildman–Crippen LogP) is 6.35. The first-order valence-corrected chi connectivity index (χ1v) is 24.7. The SMILES string of the molecule is COc1ccc(C(N)C(N)c2ccc(OC)cc2)cc1.C[PH+](C)c1ccc2c(c1C(=O)c1c([PH+](C)C)ccc3c1OCO3)OCO2.[Cl][Ru+2][Cl]. The number of carbonyl (C=O) groups excluding carboxylic acids is 1. The van der Waals surface area contributed by atoms with Crippen LogP contribution in [0.2, 0.25) is 0 Å². The number of hydrogen-bond acceptors (Lipinski definition) is 9. The average Bonchev–Trinajstić information content (AvgIpc) is 3.80. The summed E-state index contributed by atoms with van der Waals surface area (Å²) in [5.41, 5.74) is 15.7. The number of fused-ring (bicyclic) bond motifs is 2. The topological polar surface area (TPSA) is 124 Å². The Bertz CT molecular complexity index is 1590. The van der Waals surface area contributed by atoms with Gasteiger partial charge in [0.05, 0.1) is 40.9 Å². The van der Waals surface area contributed by atoms with Crippen LogP contribution < -0.4 is 50.5 Å². The Hall–Kier alpha value is -2.67. The van der Waals surface area contributed by atoms with Gasteiger partial charge in [-0.2, -0.15) is 0 Å². The van der Waals surface area contributed by atoms with Gasteiger partial charge in [0.2, 0.25) is 19.4 Å². The van der Waals surface area contributed by atoms with Crippen LogP contribution in [0.25, 0.3) is 0 Å². The third kappa shape index (κ3) is 9.37. The first-order chi connectivity index (χ1) is 23.6. The van der Waals surface area contributed by atoms with Gasteiger partial charge in [-0.15, -0.1) is 0 Å². The van der Waals surface area contributed by atoms with Gasteiger partial charge in [0.25, 0.3) is 0 Å². The summed E-state index contributed by atoms with van der Waals surface area (Å²) < 4.78 is 32.7. The quantitative estimate of drug-likeness (QED) is 0.113. The summed E-state index contributed by atoms with van der Waals surface area (Å²) in [6, 6.07) is 22.5. The van der Waals surface area contributed by atoms with Crippen LogP contribution in [0.3, 0.4) is 0 Å². The summed E-state index contributed by atoms with van der Waals surface area (Å²) in [6.45, 7) is 8.97. The van der Waals surface area contributed by atoms with Crippen molar-refractivity contribution in [2.75, 3.05) is 54.5 Å². The molecule has 4 aromatic carbocycles. The molecule has 262 valence electrons. The number of methoxy groups -OCH3 is 2. The Morgan fingerprint density at radius 3 is 1.31 bits per heavy atom. The molecule has 0 aliphatic carbocycles. The van der Waals surface area contributed by atoms with E-state index in [1.165, 1.54) is 0 Å². The molecule has 2 aliphatic heterocycles. The van der Waals surface area contributed by atoms with Crippen LogP contribution in [0.1, 0.15) is 39.1 Å². The Morgan fingerprint density at radius 2 is 1.00 bits per heavy atom. The fraction of sp³-hybridized carbons (Fsp3) is 0.286. The number of rotatable bonds is 9. The number of halogens is 2. The van der Waals surface area contributed by atoms with E-state index < -0.39 is 15.8 Å². The Kier molecular flexibility index (Phi) is 14.8. The Labute approximate surface area is 306 Å². The van der Waals surface area contributed by atoms with E-state index in [1.54, 1.807) is 14.2 Å². The first kappa shape index (κ1) is 39.1. The Morgan fingerprint density at radius 1 is 0.653 bits per heavy atom. The zero-order valence-corrected chi connectivity index (χ0v) is 33.4. The maximum atomic E-state index is 13.8. The van der Waals surface area contributed by atoms with E-state index in [0.717, 1.165) is 33.2 Å². The summed E-state index contributed by atoms with van der Waals surface area (Å²) in [5.74, 6) is 3.93. The molecule has 2 unspecified atom stereocenters. The number of hydrogen-bond donors (Lipinski definition) is 2. The maximum absolute atomic E-state index is 13.8. The van der Waals surface area contributed by atoms with Gasteiger partial charge >= 0.3 is 34.5 Å². The van der Waals surface area contributed by atoms with Gasteiger partial charge in [-0.1, -0.05) is 24.3 Å². The fourth-order valence-corrected chi connectivity index (χ4v) is 7.71. The van der Waals surface area contributed by atoms with Crippen LogP contribution in [-0.2, 0) is 15.1 Å². The van der Waals surface area contributed by atoms with E-state index >= 15 is 0 Å². The average molecular weight is 837 g/mol. The molecule has 0 spiro atoms. The van der Waals surface area contributed by atoms with Crippen LogP contribution in [0, 0.1) is 0 Å². The Balaban J connectivity index is 0.000000211. The second-order valence-electron chi connectivity index (χ2n) is 11.4. The van der Waals surface area contributed by atoms with E-state index in [4.69, 9.17) is 59.3 Å². The van der Waals surface area contributed by atoms with Crippen molar-refractivity contribution in [3.63, 3.8) is 0 Å². The van der Waals surface area contributed by atoms with Crippen molar-refractivity contribution in [2.45, 2.75) is 12.1 Å². The molecule has 0 bridgehead atoms. The van der Waals surface area contributed by atoms with Gasteiger partial charge in [-0.25, -0.2) is 0 Å². The summed E-state index contributed by atoms with van der Waals surface area (Å²) >= 11 is -0.346. The van der Waals surface area contributed by atoms with E-state index in [0.29, 0.717) is 34.1 Å². The second kappa shape index (κ2) is 18.5. The summed E-state index contributed by atoms with van der Waals surface area (Å²) in [7, 11) is 11.2. The molecule has 2 aliphatic rings. The molecule has 0 saturated carbocycles. The van der Waals surface area contributed by atoms with Crippen molar-refractivity contribution in [3.05, 3.63) is 95.1 Å². The normalized spacial score (nSPS) is 13.6. The van der Waals surface area contributed by atoms with Gasteiger partial charge in [0.15, 0.2) is 23.0 Å². The predicted molar refractivity (Wildman–Crippen MR) is 200 cm³/mol.